The van der Waals surface area contributed by atoms with E-state index in [9.17, 15) is 9.59 Å². The Kier molecular flexibility index (Phi) is 13.1. The summed E-state index contributed by atoms with van der Waals surface area (Å²) in [4.78, 5) is 32.0. The lowest BCUT2D eigenvalue weighted by Crippen LogP contribution is -2.29. The summed E-state index contributed by atoms with van der Waals surface area (Å²) in [5.41, 5.74) is 14.0. The lowest BCUT2D eigenvalue weighted by Gasteiger charge is -2.34. The van der Waals surface area contributed by atoms with E-state index in [2.05, 4.69) is 137 Å². The smallest absolute Gasteiger partial charge is 0.160 e. The Morgan fingerprint density at radius 3 is 1.09 bits per heavy atom. The van der Waals surface area contributed by atoms with Crippen molar-refractivity contribution in [3.05, 3.63) is 186 Å². The van der Waals surface area contributed by atoms with Crippen molar-refractivity contribution in [2.75, 3.05) is 0 Å². The monoisotopic (exact) mass is 940 g/mol. The molecule has 10 rings (SSSR count). The summed E-state index contributed by atoms with van der Waals surface area (Å²) in [5.74, 6) is 0. The van der Waals surface area contributed by atoms with Crippen LogP contribution < -0.4 is 0 Å². The predicted octanol–water partition coefficient (Wildman–Crippen LogP) is 17.9. The van der Waals surface area contributed by atoms with Gasteiger partial charge < -0.3 is 0 Å². The third-order valence-electron chi connectivity index (χ3n) is 14.6. The Labute approximate surface area is 407 Å². The van der Waals surface area contributed by atoms with Crippen molar-refractivity contribution in [3.63, 3.8) is 0 Å². The fourth-order valence-corrected chi connectivity index (χ4v) is 16.7. The molecule has 0 spiro atoms. The molecule has 0 amide bonds. The zero-order valence-corrected chi connectivity index (χ0v) is 42.2. The van der Waals surface area contributed by atoms with Gasteiger partial charge in [0.05, 0.1) is 49.5 Å². The van der Waals surface area contributed by atoms with Crippen LogP contribution in [-0.2, 0) is 23.7 Å². The summed E-state index contributed by atoms with van der Waals surface area (Å²) in [6.07, 6.45) is 19.7. The second kappa shape index (κ2) is 19.1. The van der Waals surface area contributed by atoms with Crippen LogP contribution in [0.5, 0.6) is 0 Å². The molecule has 4 aromatic heterocycles. The first-order valence-electron chi connectivity index (χ1n) is 24.5. The molecular formula is C60H60O2S4. The molecule has 2 atom stereocenters. The van der Waals surface area contributed by atoms with Crippen LogP contribution in [-0.4, -0.2) is 12.6 Å². The van der Waals surface area contributed by atoms with E-state index in [1.807, 2.05) is 22.7 Å². The van der Waals surface area contributed by atoms with E-state index in [1.165, 1.54) is 173 Å². The van der Waals surface area contributed by atoms with Crippen molar-refractivity contribution in [3.8, 4) is 19.5 Å². The summed E-state index contributed by atoms with van der Waals surface area (Å²) < 4.78 is 2.63. The van der Waals surface area contributed by atoms with Crippen LogP contribution in [0.2, 0.25) is 0 Å². The van der Waals surface area contributed by atoms with E-state index in [1.54, 1.807) is 22.7 Å². The molecular weight excluding hydrogens is 881 g/mol. The minimum Gasteiger partial charge on any atom is -0.297 e. The van der Waals surface area contributed by atoms with E-state index in [0.717, 1.165) is 35.2 Å². The van der Waals surface area contributed by atoms with Crippen LogP contribution in [0.3, 0.4) is 0 Å². The van der Waals surface area contributed by atoms with Gasteiger partial charge >= 0.3 is 0 Å². The topological polar surface area (TPSA) is 34.1 Å². The van der Waals surface area contributed by atoms with Gasteiger partial charge in [-0.1, -0.05) is 186 Å². The lowest BCUT2D eigenvalue weighted by molar-refractivity contribution is 0.111. The molecule has 0 N–H and O–H groups in total. The first-order valence-corrected chi connectivity index (χ1v) is 27.8. The van der Waals surface area contributed by atoms with Crippen LogP contribution in [0.15, 0.2) is 109 Å². The number of carbonyl (C=O) groups excluding carboxylic acids is 2. The van der Waals surface area contributed by atoms with E-state index in [4.69, 9.17) is 0 Å². The molecule has 8 aromatic rings. The summed E-state index contributed by atoms with van der Waals surface area (Å²) >= 11 is 7.14. The highest BCUT2D eigenvalue weighted by atomic mass is 32.1. The van der Waals surface area contributed by atoms with Crippen molar-refractivity contribution < 1.29 is 9.59 Å². The van der Waals surface area contributed by atoms with E-state index < -0.39 is 10.8 Å². The maximum absolute atomic E-state index is 12.8. The van der Waals surface area contributed by atoms with Crippen molar-refractivity contribution in [2.45, 2.75) is 128 Å². The highest BCUT2D eigenvalue weighted by Crippen LogP contribution is 2.69. The Hall–Kier alpha value is -4.72. The molecule has 66 heavy (non-hydrogen) atoms. The Balaban J connectivity index is 1.18. The second-order valence-electron chi connectivity index (χ2n) is 19.0. The molecule has 2 nitrogen and oxygen atoms in total. The maximum Gasteiger partial charge on any atom is 0.160 e. The van der Waals surface area contributed by atoms with E-state index >= 15 is 0 Å². The lowest BCUT2D eigenvalue weighted by atomic mass is 9.67. The molecule has 0 aliphatic heterocycles. The largest absolute Gasteiger partial charge is 0.297 e. The number of benzene rings is 4. The number of thiophene rings is 4. The zero-order chi connectivity index (χ0) is 45.4. The summed E-state index contributed by atoms with van der Waals surface area (Å²) in [5, 5.41) is 0. The standard InChI is InChI=1S/C60H60O2S4/c1-5-7-9-11-13-15-17-41-23-31-45(32-24-41)59(43-27-19-39(3)20-28-43)49-35-47(37-61)63-53(49)55-51(59)57-58(65-55)52-56(66-57)54-50(36-48(38-62)64-54)60(52,44-29-21-40(4)22-30-44)46-33-25-42(26-34-46)18-16-14-12-10-8-6-2/h19-38H,5-18H2,1-4H3. The Morgan fingerprint density at radius 1 is 0.409 bits per heavy atom. The molecule has 4 heterocycles. The van der Waals surface area contributed by atoms with Crippen LogP contribution in [0.1, 0.15) is 177 Å². The van der Waals surface area contributed by atoms with Crippen molar-refractivity contribution in [1.82, 2.24) is 0 Å². The number of aldehydes is 2. The van der Waals surface area contributed by atoms with Gasteiger partial charge in [0.2, 0.25) is 0 Å². The fourth-order valence-electron chi connectivity index (χ4n) is 11.2. The van der Waals surface area contributed by atoms with Gasteiger partial charge in [-0.25, -0.2) is 0 Å². The molecule has 0 radical (unpaired) electrons. The Morgan fingerprint density at radius 2 is 0.742 bits per heavy atom. The molecule has 0 saturated heterocycles. The average Bonchev–Trinajstić information content (AvgIpc) is 4.19. The minimum atomic E-state index is -0.622. The SMILES string of the molecule is CCCCCCCCc1ccc(C2(c3ccc(C)cc3)c3cc(C=O)sc3-c3sc4c5c(sc4c32)-c2sc(C=O)cc2C5(c2ccc(C)cc2)c2ccc(CCCCCCCC)cc2)cc1. The van der Waals surface area contributed by atoms with Crippen molar-refractivity contribution in [1.29, 1.82) is 0 Å². The normalized spacial score (nSPS) is 17.0. The summed E-state index contributed by atoms with van der Waals surface area (Å²) in [6.45, 7) is 8.89. The molecule has 2 aliphatic rings. The van der Waals surface area contributed by atoms with Crippen LogP contribution in [0, 0.1) is 13.8 Å². The summed E-state index contributed by atoms with van der Waals surface area (Å²) in [7, 11) is 0. The zero-order valence-electron chi connectivity index (χ0n) is 38.9. The summed E-state index contributed by atoms with van der Waals surface area (Å²) in [6, 6.07) is 41.8. The van der Waals surface area contributed by atoms with Crippen LogP contribution in [0.4, 0.5) is 0 Å². The third kappa shape index (κ3) is 7.55. The highest BCUT2D eigenvalue weighted by molar-refractivity contribution is 7.34. The molecule has 0 bridgehead atoms. The molecule has 0 saturated carbocycles. The first kappa shape index (κ1) is 45.1. The van der Waals surface area contributed by atoms with Gasteiger partial charge in [0, 0.05) is 11.1 Å². The average molecular weight is 941 g/mol. The number of hydrogen-bond donors (Lipinski definition) is 0. The van der Waals surface area contributed by atoms with Gasteiger partial charge in [0.15, 0.2) is 12.6 Å². The maximum atomic E-state index is 12.8. The van der Waals surface area contributed by atoms with Gasteiger partial charge in [-0.2, -0.15) is 0 Å². The van der Waals surface area contributed by atoms with Gasteiger partial charge in [0.1, 0.15) is 0 Å². The van der Waals surface area contributed by atoms with E-state index in [0.29, 0.717) is 0 Å². The number of aryl methyl sites for hydroxylation is 4. The molecule has 336 valence electrons. The van der Waals surface area contributed by atoms with Gasteiger partial charge in [-0.3, -0.25) is 9.59 Å². The number of fused-ring (bicyclic) bond motifs is 9. The number of carbonyl (C=O) groups is 2. The van der Waals surface area contributed by atoms with Crippen molar-refractivity contribution >= 4 is 67.3 Å². The van der Waals surface area contributed by atoms with Gasteiger partial charge in [0.25, 0.3) is 0 Å². The molecule has 2 unspecified atom stereocenters. The highest BCUT2D eigenvalue weighted by Gasteiger charge is 2.55. The number of unbranched alkanes of at least 4 members (excludes halogenated alkanes) is 10. The minimum absolute atomic E-state index is 0.622. The van der Waals surface area contributed by atoms with Crippen LogP contribution >= 0.6 is 45.3 Å². The Bertz CT molecular complexity index is 2790. The predicted molar refractivity (Wildman–Crippen MR) is 284 cm³/mol. The second-order valence-corrected chi connectivity index (χ2v) is 23.2. The van der Waals surface area contributed by atoms with Gasteiger partial charge in [-0.15, -0.1) is 45.3 Å². The molecule has 6 heteroatoms. The van der Waals surface area contributed by atoms with Crippen LogP contribution in [0.25, 0.3) is 28.9 Å². The number of rotatable bonds is 20. The third-order valence-corrected chi connectivity index (χ3v) is 19.6. The molecule has 2 aliphatic carbocycles. The number of hydrogen-bond acceptors (Lipinski definition) is 6. The first-order chi connectivity index (χ1) is 32.4. The molecule has 4 aromatic carbocycles. The van der Waals surface area contributed by atoms with E-state index in [-0.39, 0.29) is 0 Å². The fraction of sp³-hybridized carbons (Fsp3) is 0.333. The van der Waals surface area contributed by atoms with Gasteiger partial charge in [-0.05, 0) is 96.2 Å². The molecule has 0 fully saturated rings. The van der Waals surface area contributed by atoms with Crippen molar-refractivity contribution in [2.24, 2.45) is 0 Å². The quantitative estimate of drug-likeness (QED) is 0.0564.